The summed E-state index contributed by atoms with van der Waals surface area (Å²) in [6, 6.07) is 2.92. The Morgan fingerprint density at radius 2 is 1.02 bits per heavy atom. The van der Waals surface area contributed by atoms with Gasteiger partial charge >= 0.3 is 23.6 Å². The topological polar surface area (TPSA) is 139 Å². The molecular formula is C44H77ClN8O6. The van der Waals surface area contributed by atoms with Crippen molar-refractivity contribution in [3.8, 4) is 0 Å². The highest BCUT2D eigenvalue weighted by Crippen LogP contribution is 2.37. The maximum absolute atomic E-state index is 12.6. The molecule has 8 aliphatic rings. The Bertz CT molecular complexity index is 1410. The largest absolute Gasteiger partial charge is 0.451 e. The zero-order valence-corrected chi connectivity index (χ0v) is 37.9. The van der Waals surface area contributed by atoms with Crippen LogP contribution in [-0.2, 0) is 9.47 Å². The van der Waals surface area contributed by atoms with Gasteiger partial charge in [0.05, 0.1) is 36.4 Å². The van der Waals surface area contributed by atoms with E-state index in [0.717, 1.165) is 104 Å². The average molecular weight is 850 g/mol. The van der Waals surface area contributed by atoms with Crippen LogP contribution in [0.15, 0.2) is 0 Å². The molecule has 6 aliphatic heterocycles. The van der Waals surface area contributed by atoms with Crippen LogP contribution in [-0.4, -0.2) is 160 Å². The molecule has 0 aromatic heterocycles. The molecule has 0 aromatic rings. The van der Waals surface area contributed by atoms with Gasteiger partial charge in [0.15, 0.2) is 0 Å². The van der Waals surface area contributed by atoms with Gasteiger partial charge in [0.1, 0.15) is 0 Å². The minimum Gasteiger partial charge on any atom is -0.451 e. The van der Waals surface area contributed by atoms with E-state index >= 15 is 0 Å². The summed E-state index contributed by atoms with van der Waals surface area (Å²) in [4.78, 5) is 58.7. The molecule has 0 spiro atoms. The zero-order valence-electron chi connectivity index (χ0n) is 37.2. The number of fused-ring (bicyclic) bond motifs is 2. The number of ether oxygens (including phenoxy) is 2. The van der Waals surface area contributed by atoms with E-state index in [2.05, 4.69) is 54.1 Å². The van der Waals surface area contributed by atoms with Crippen LogP contribution >= 0.6 is 11.6 Å². The quantitative estimate of drug-likeness (QED) is 0.244. The van der Waals surface area contributed by atoms with Gasteiger partial charge in [-0.15, -0.1) is 0 Å². The van der Waals surface area contributed by atoms with Crippen LogP contribution < -0.4 is 16.0 Å². The maximum atomic E-state index is 12.6. The number of rotatable bonds is 6. The first kappa shape index (κ1) is 46.0. The summed E-state index contributed by atoms with van der Waals surface area (Å²) in [6.07, 6.45) is 18.3. The van der Waals surface area contributed by atoms with Crippen molar-refractivity contribution in [3.63, 3.8) is 0 Å². The Labute approximate surface area is 359 Å². The number of carbonyl (C=O) groups is 4. The van der Waals surface area contributed by atoms with E-state index in [9.17, 15) is 19.2 Å². The van der Waals surface area contributed by atoms with Crippen LogP contribution in [0.1, 0.15) is 144 Å². The minimum absolute atomic E-state index is 0.0682. The molecule has 3 N–H and O–H groups in total. The lowest BCUT2D eigenvalue weighted by Gasteiger charge is -2.50. The van der Waals surface area contributed by atoms with E-state index in [-0.39, 0.29) is 35.9 Å². The fourth-order valence-electron chi connectivity index (χ4n) is 11.5. The summed E-state index contributed by atoms with van der Waals surface area (Å²) in [7, 11) is 0. The van der Waals surface area contributed by atoms with Crippen LogP contribution in [0, 0.1) is 0 Å². The number of urea groups is 2. The number of halogens is 1. The van der Waals surface area contributed by atoms with Gasteiger partial charge in [-0.1, -0.05) is 25.7 Å². The molecule has 5 amide bonds. The van der Waals surface area contributed by atoms with Crippen LogP contribution in [0.2, 0.25) is 0 Å². The van der Waals surface area contributed by atoms with Crippen molar-refractivity contribution >= 4 is 35.2 Å². The third kappa shape index (κ3) is 11.5. The molecule has 8 rings (SSSR count). The lowest BCUT2D eigenvalue weighted by Crippen LogP contribution is -2.59. The number of hydrogen-bond acceptors (Lipinski definition) is 9. The van der Waals surface area contributed by atoms with Gasteiger partial charge in [0.2, 0.25) is 0 Å². The van der Waals surface area contributed by atoms with Gasteiger partial charge in [0.25, 0.3) is 0 Å². The van der Waals surface area contributed by atoms with Gasteiger partial charge in [0, 0.05) is 74.0 Å². The Hall–Kier alpha value is -2.55. The molecule has 0 radical (unpaired) electrons. The highest BCUT2D eigenvalue weighted by atomic mass is 35.5. The van der Waals surface area contributed by atoms with Gasteiger partial charge in [-0.25, -0.2) is 19.2 Å². The van der Waals surface area contributed by atoms with Crippen molar-refractivity contribution in [2.45, 2.75) is 204 Å². The van der Waals surface area contributed by atoms with E-state index < -0.39 is 5.43 Å². The Balaban J connectivity index is 0.000000174. The fraction of sp³-hybridized carbons (Fsp3) is 0.909. The standard InChI is InChI=1S/C22H38N4O3.C18H32N4O.C4H7ClO2/c1-16(2)29-21(28)24-14-10-22(3,11-15-24)25-12-8-17(9-13-25)26-19-7-5-4-6-18(19)23-20(26)27;1-18(8-10-19-11-9-18)21-12-6-14(7-13-21)22-16-5-3-2-4-15(16)20-17(22)23;1-3(2)7-4(5)6/h16-19H,4-15H2,1-3H3,(H,23,27);14-16,19H,2-13H2,1H3,(H,20,23);3H,1-2H3/t18-,19-;15-,16-;/m00./s1. The summed E-state index contributed by atoms with van der Waals surface area (Å²) in [5, 5.41) is 9.97. The highest BCUT2D eigenvalue weighted by Gasteiger charge is 2.47. The molecule has 336 valence electrons. The lowest BCUT2D eigenvalue weighted by molar-refractivity contribution is -0.00234. The molecule has 2 saturated carbocycles. The third-order valence-electron chi connectivity index (χ3n) is 14.9. The molecule has 59 heavy (non-hydrogen) atoms. The number of hydrogen-bond donors (Lipinski definition) is 3. The number of carbonyl (C=O) groups excluding carboxylic acids is 4. The van der Waals surface area contributed by atoms with Gasteiger partial charge in [-0.3, -0.25) is 9.80 Å². The second-order valence-electron chi connectivity index (χ2n) is 19.6. The van der Waals surface area contributed by atoms with Gasteiger partial charge < -0.3 is 40.1 Å². The fourth-order valence-corrected chi connectivity index (χ4v) is 11.6. The molecule has 8 fully saturated rings. The summed E-state index contributed by atoms with van der Waals surface area (Å²) in [6.45, 7) is 20.3. The average Bonchev–Trinajstić information content (AvgIpc) is 3.73. The molecule has 2 aliphatic carbocycles. The number of nitrogens with zero attached hydrogens (tertiary/aromatic N) is 5. The second kappa shape index (κ2) is 20.5. The highest BCUT2D eigenvalue weighted by molar-refractivity contribution is 6.61. The van der Waals surface area contributed by atoms with E-state index in [1.54, 1.807) is 13.8 Å². The Kier molecular flexibility index (Phi) is 16.0. The summed E-state index contributed by atoms with van der Waals surface area (Å²) >= 11 is 4.81. The minimum atomic E-state index is -0.741. The number of amides is 5. The van der Waals surface area contributed by atoms with Crippen molar-refractivity contribution < 1.29 is 28.7 Å². The van der Waals surface area contributed by atoms with Gasteiger partial charge in [-0.05, 0) is 132 Å². The van der Waals surface area contributed by atoms with Crippen LogP contribution in [0.25, 0.3) is 0 Å². The molecule has 0 unspecified atom stereocenters. The number of piperidine rings is 4. The molecule has 14 nitrogen and oxygen atoms in total. The molecule has 0 bridgehead atoms. The summed E-state index contributed by atoms with van der Waals surface area (Å²) in [5.74, 6) is 0. The van der Waals surface area contributed by atoms with Crippen LogP contribution in [0.4, 0.5) is 19.2 Å². The zero-order chi connectivity index (χ0) is 42.3. The van der Waals surface area contributed by atoms with E-state index in [4.69, 9.17) is 16.3 Å². The van der Waals surface area contributed by atoms with E-state index in [1.165, 1.54) is 51.4 Å². The maximum Gasteiger partial charge on any atom is 0.410 e. The van der Waals surface area contributed by atoms with Crippen molar-refractivity contribution in [1.82, 2.24) is 40.4 Å². The molecule has 6 saturated heterocycles. The Morgan fingerprint density at radius 1 is 0.610 bits per heavy atom. The van der Waals surface area contributed by atoms with Crippen molar-refractivity contribution in [2.75, 3.05) is 52.4 Å². The molecule has 15 heteroatoms. The molecule has 6 heterocycles. The smallest absolute Gasteiger partial charge is 0.410 e. The van der Waals surface area contributed by atoms with Crippen molar-refractivity contribution in [3.05, 3.63) is 0 Å². The molecule has 0 aromatic carbocycles. The van der Waals surface area contributed by atoms with Crippen LogP contribution in [0.3, 0.4) is 0 Å². The predicted octanol–water partition coefficient (Wildman–Crippen LogP) is 6.89. The predicted molar refractivity (Wildman–Crippen MR) is 231 cm³/mol. The first-order chi connectivity index (χ1) is 28.2. The monoisotopic (exact) mass is 849 g/mol. The molecular weight excluding hydrogens is 772 g/mol. The second-order valence-corrected chi connectivity index (χ2v) is 19.9. The molecule has 4 atom stereocenters. The first-order valence-corrected chi connectivity index (χ1v) is 23.8. The van der Waals surface area contributed by atoms with Crippen LogP contribution in [0.5, 0.6) is 0 Å². The summed E-state index contributed by atoms with van der Waals surface area (Å²) < 4.78 is 9.73. The van der Waals surface area contributed by atoms with E-state index in [0.29, 0.717) is 41.8 Å². The van der Waals surface area contributed by atoms with E-state index in [1.807, 2.05) is 18.7 Å². The SMILES string of the molecule is CC(C)OC(=O)Cl.CC(C)OC(=O)N1CCC(C)(N2CCC(N3C(=O)N[C@H]4CCCC[C@@H]43)CC2)CC1.CC1(N2CCC(N3C(=O)N[C@H]4CCCC[C@@H]43)CC2)CCNCC1. The van der Waals surface area contributed by atoms with Gasteiger partial charge in [-0.2, -0.15) is 0 Å². The normalized spacial score (nSPS) is 30.3. The Morgan fingerprint density at radius 3 is 1.41 bits per heavy atom. The van der Waals surface area contributed by atoms with Crippen molar-refractivity contribution in [2.24, 2.45) is 0 Å². The van der Waals surface area contributed by atoms with Crippen molar-refractivity contribution in [1.29, 1.82) is 0 Å². The third-order valence-corrected chi connectivity index (χ3v) is 15.0. The number of nitrogens with one attached hydrogen (secondary N) is 3. The summed E-state index contributed by atoms with van der Waals surface area (Å²) in [5.41, 5.74) is -0.230. The first-order valence-electron chi connectivity index (χ1n) is 23.4. The lowest BCUT2D eigenvalue weighted by atomic mass is 9.85. The number of likely N-dealkylation sites (tertiary alicyclic amines) is 3.